The number of aromatic nitrogens is 4. The third-order valence-corrected chi connectivity index (χ3v) is 7.23. The topological polar surface area (TPSA) is 75.9 Å². The van der Waals surface area contributed by atoms with E-state index in [9.17, 15) is 4.79 Å². The predicted octanol–water partition coefficient (Wildman–Crippen LogP) is 4.94. The number of thiophene rings is 1. The van der Waals surface area contributed by atoms with Crippen molar-refractivity contribution in [2.24, 2.45) is 0 Å². The van der Waals surface area contributed by atoms with E-state index in [0.29, 0.717) is 31.9 Å². The number of fused-ring (bicyclic) bond motifs is 2. The van der Waals surface area contributed by atoms with Gasteiger partial charge in [-0.2, -0.15) is 0 Å². The lowest BCUT2D eigenvalue weighted by Crippen LogP contribution is -2.28. The van der Waals surface area contributed by atoms with Gasteiger partial charge in [-0.05, 0) is 18.1 Å². The average Bonchev–Trinajstić information content (AvgIpc) is 3.60. The molecule has 7 nitrogen and oxygen atoms in total. The molecule has 1 N–H and O–H groups in total. The van der Waals surface area contributed by atoms with Crippen molar-refractivity contribution in [3.63, 3.8) is 0 Å². The lowest BCUT2D eigenvalue weighted by Gasteiger charge is -2.16. The summed E-state index contributed by atoms with van der Waals surface area (Å²) in [5, 5.41) is 6.75. The number of hydrogen-bond acceptors (Lipinski definition) is 6. The van der Waals surface area contributed by atoms with E-state index < -0.39 is 0 Å². The standard InChI is InChI=1S/C26H24N6OS/c33-22-11-6-12-31(22)13-14-32-17-28-23-25(27-15-18-7-2-1-3-8-18)29-24(30-26(23)32)20-16-34-21-10-5-4-9-19(20)21/h1-5,7-10,16-17H,6,11-15H2,(H,27,29,30). The summed E-state index contributed by atoms with van der Waals surface area (Å²) in [6, 6.07) is 18.6. The van der Waals surface area contributed by atoms with Crippen molar-refractivity contribution < 1.29 is 4.79 Å². The molecule has 1 saturated heterocycles. The van der Waals surface area contributed by atoms with Gasteiger partial charge in [0.15, 0.2) is 17.3 Å². The van der Waals surface area contributed by atoms with Gasteiger partial charge in [0.1, 0.15) is 5.52 Å². The van der Waals surface area contributed by atoms with Crippen LogP contribution < -0.4 is 5.32 Å². The molecule has 0 saturated carbocycles. The van der Waals surface area contributed by atoms with Crippen LogP contribution in [0.15, 0.2) is 66.3 Å². The number of carbonyl (C=O) groups is 1. The fourth-order valence-corrected chi connectivity index (χ4v) is 5.39. The molecule has 0 spiro atoms. The Bertz CT molecular complexity index is 1480. The summed E-state index contributed by atoms with van der Waals surface area (Å²) in [4.78, 5) is 28.5. The van der Waals surface area contributed by atoms with E-state index in [2.05, 4.69) is 39.9 Å². The Morgan fingerprint density at radius 2 is 1.85 bits per heavy atom. The van der Waals surface area contributed by atoms with Crippen molar-refractivity contribution >= 4 is 44.3 Å². The Morgan fingerprint density at radius 1 is 1.00 bits per heavy atom. The number of nitrogens with one attached hydrogen (secondary N) is 1. The molecule has 2 aromatic carbocycles. The SMILES string of the molecule is O=C1CCCN1CCn1cnc2c(NCc3ccccc3)nc(-c3csc4ccccc34)nc21. The smallest absolute Gasteiger partial charge is 0.222 e. The first kappa shape index (κ1) is 20.8. The maximum Gasteiger partial charge on any atom is 0.222 e. The van der Waals surface area contributed by atoms with Crippen molar-refractivity contribution in [2.75, 3.05) is 18.4 Å². The minimum atomic E-state index is 0.231. The number of rotatable bonds is 7. The Kier molecular flexibility index (Phi) is 5.43. The maximum atomic E-state index is 12.1. The second kappa shape index (κ2) is 8.87. The zero-order valence-corrected chi connectivity index (χ0v) is 19.5. The molecule has 0 radical (unpaired) electrons. The third kappa shape index (κ3) is 3.90. The predicted molar refractivity (Wildman–Crippen MR) is 136 cm³/mol. The van der Waals surface area contributed by atoms with E-state index in [1.807, 2.05) is 46.1 Å². The van der Waals surface area contributed by atoms with Crippen LogP contribution in [0.25, 0.3) is 32.6 Å². The number of hydrogen-bond donors (Lipinski definition) is 1. The van der Waals surface area contributed by atoms with E-state index in [-0.39, 0.29) is 5.91 Å². The number of imidazole rings is 1. The minimum Gasteiger partial charge on any atom is -0.364 e. The first-order valence-electron chi connectivity index (χ1n) is 11.5. The Labute approximate surface area is 201 Å². The third-order valence-electron chi connectivity index (χ3n) is 6.27. The van der Waals surface area contributed by atoms with Crippen LogP contribution in [-0.2, 0) is 17.9 Å². The van der Waals surface area contributed by atoms with Gasteiger partial charge in [0.05, 0.1) is 6.33 Å². The van der Waals surface area contributed by atoms with Gasteiger partial charge in [-0.1, -0.05) is 48.5 Å². The van der Waals surface area contributed by atoms with Crippen LogP contribution in [0.3, 0.4) is 0 Å². The summed E-state index contributed by atoms with van der Waals surface area (Å²) in [5.41, 5.74) is 3.71. The molecule has 1 amide bonds. The average molecular weight is 469 g/mol. The van der Waals surface area contributed by atoms with E-state index in [1.54, 1.807) is 11.3 Å². The summed E-state index contributed by atoms with van der Waals surface area (Å²) in [6.07, 6.45) is 3.40. The molecule has 34 heavy (non-hydrogen) atoms. The monoisotopic (exact) mass is 468 g/mol. The molecular weight excluding hydrogens is 444 g/mol. The molecule has 170 valence electrons. The van der Waals surface area contributed by atoms with Crippen molar-refractivity contribution in [3.05, 3.63) is 71.9 Å². The highest BCUT2D eigenvalue weighted by molar-refractivity contribution is 7.17. The Balaban J connectivity index is 1.40. The molecule has 0 atom stereocenters. The lowest BCUT2D eigenvalue weighted by molar-refractivity contribution is -0.127. The van der Waals surface area contributed by atoms with Crippen LogP contribution in [-0.4, -0.2) is 43.4 Å². The summed E-state index contributed by atoms with van der Waals surface area (Å²) in [5.74, 6) is 1.63. The fourth-order valence-electron chi connectivity index (χ4n) is 4.45. The van der Waals surface area contributed by atoms with Gasteiger partial charge in [0.2, 0.25) is 5.91 Å². The highest BCUT2D eigenvalue weighted by Crippen LogP contribution is 2.34. The van der Waals surface area contributed by atoms with Gasteiger partial charge in [-0.25, -0.2) is 15.0 Å². The number of benzene rings is 2. The molecule has 0 aliphatic carbocycles. The molecule has 5 aromatic rings. The van der Waals surface area contributed by atoms with Gasteiger partial charge in [-0.3, -0.25) is 4.79 Å². The van der Waals surface area contributed by atoms with Gasteiger partial charge in [0.25, 0.3) is 0 Å². The molecular formula is C26H24N6OS. The lowest BCUT2D eigenvalue weighted by atomic mass is 10.1. The van der Waals surface area contributed by atoms with Crippen molar-refractivity contribution in [1.29, 1.82) is 0 Å². The Morgan fingerprint density at radius 3 is 2.71 bits per heavy atom. The van der Waals surface area contributed by atoms with Crippen molar-refractivity contribution in [2.45, 2.75) is 25.9 Å². The van der Waals surface area contributed by atoms with Crippen molar-refractivity contribution in [1.82, 2.24) is 24.4 Å². The van der Waals surface area contributed by atoms with E-state index in [1.165, 1.54) is 10.3 Å². The summed E-state index contributed by atoms with van der Waals surface area (Å²) in [7, 11) is 0. The first-order valence-corrected chi connectivity index (χ1v) is 12.4. The van der Waals surface area contributed by atoms with Crippen LogP contribution >= 0.6 is 11.3 Å². The van der Waals surface area contributed by atoms with E-state index in [0.717, 1.165) is 40.9 Å². The van der Waals surface area contributed by atoms with Gasteiger partial charge in [-0.15, -0.1) is 11.3 Å². The van der Waals surface area contributed by atoms with Gasteiger partial charge < -0.3 is 14.8 Å². The molecule has 8 heteroatoms. The fraction of sp³-hybridized carbons (Fsp3) is 0.231. The van der Waals surface area contributed by atoms with E-state index >= 15 is 0 Å². The van der Waals surface area contributed by atoms with Crippen LogP contribution in [0, 0.1) is 0 Å². The molecule has 4 heterocycles. The summed E-state index contributed by atoms with van der Waals surface area (Å²) in [6.45, 7) is 2.79. The second-order valence-corrected chi connectivity index (χ2v) is 9.39. The number of amides is 1. The molecule has 3 aromatic heterocycles. The van der Waals surface area contributed by atoms with Crippen LogP contribution in [0.2, 0.25) is 0 Å². The highest BCUT2D eigenvalue weighted by atomic mass is 32.1. The summed E-state index contributed by atoms with van der Waals surface area (Å²) < 4.78 is 3.25. The largest absolute Gasteiger partial charge is 0.364 e. The number of anilines is 1. The number of likely N-dealkylation sites (tertiary alicyclic amines) is 1. The number of carbonyl (C=O) groups excluding carboxylic acids is 1. The maximum absolute atomic E-state index is 12.1. The van der Waals surface area contributed by atoms with Crippen LogP contribution in [0.4, 0.5) is 5.82 Å². The molecule has 1 fully saturated rings. The Hall–Kier alpha value is -3.78. The first-order chi connectivity index (χ1) is 16.8. The van der Waals surface area contributed by atoms with E-state index in [4.69, 9.17) is 9.97 Å². The minimum absolute atomic E-state index is 0.231. The normalized spacial score (nSPS) is 13.9. The quantitative estimate of drug-likeness (QED) is 0.366. The molecule has 0 bridgehead atoms. The molecule has 0 unspecified atom stereocenters. The van der Waals surface area contributed by atoms with Crippen molar-refractivity contribution in [3.8, 4) is 11.4 Å². The molecule has 1 aliphatic rings. The van der Waals surface area contributed by atoms with Gasteiger partial charge in [0, 0.05) is 53.6 Å². The highest BCUT2D eigenvalue weighted by Gasteiger charge is 2.21. The molecule has 6 rings (SSSR count). The van der Waals surface area contributed by atoms with Crippen LogP contribution in [0.5, 0.6) is 0 Å². The van der Waals surface area contributed by atoms with Crippen LogP contribution in [0.1, 0.15) is 18.4 Å². The second-order valence-electron chi connectivity index (χ2n) is 8.48. The summed E-state index contributed by atoms with van der Waals surface area (Å²) >= 11 is 1.70. The molecule has 1 aliphatic heterocycles. The van der Waals surface area contributed by atoms with Gasteiger partial charge >= 0.3 is 0 Å². The number of nitrogens with zero attached hydrogens (tertiary/aromatic N) is 5. The zero-order chi connectivity index (χ0) is 22.9. The zero-order valence-electron chi connectivity index (χ0n) is 18.6.